The molecule has 0 N–H and O–H groups in total. The second kappa shape index (κ2) is 7.20. The first-order valence-corrected chi connectivity index (χ1v) is 13.5. The van der Waals surface area contributed by atoms with Gasteiger partial charge in [0.1, 0.15) is 7.05 Å². The molecule has 1 aliphatic carbocycles. The van der Waals surface area contributed by atoms with Gasteiger partial charge in [0.05, 0.1) is 27.3 Å². The van der Waals surface area contributed by atoms with Gasteiger partial charge in [-0.2, -0.15) is 0 Å². The zero-order chi connectivity index (χ0) is 24.1. The number of nitrogens with zero attached hydrogens (tertiary/aromatic N) is 2. The van der Waals surface area contributed by atoms with Crippen LogP contribution in [-0.2, 0) is 13.5 Å². The van der Waals surface area contributed by atoms with E-state index in [2.05, 4.69) is 96.7 Å². The van der Waals surface area contributed by atoms with Crippen LogP contribution in [0.4, 0.5) is 0 Å². The predicted octanol–water partition coefficient (Wildman–Crippen LogP) is 8.32. The molecule has 2 nitrogen and oxygen atoms in total. The Hall–Kier alpha value is -3.65. The third kappa shape index (κ3) is 2.50. The van der Waals surface area contributed by atoms with Gasteiger partial charge >= 0.3 is 0 Å². The molecule has 0 spiro atoms. The normalized spacial score (nSPS) is 15.2. The molecule has 7 aromatic rings. The number of para-hydroxylation sites is 1. The van der Waals surface area contributed by atoms with Crippen LogP contribution in [0, 0.1) is 19.8 Å². The lowest BCUT2D eigenvalue weighted by Gasteiger charge is -2.19. The molecule has 1 saturated carbocycles. The third-order valence-electron chi connectivity index (χ3n) is 9.28. The number of pyridine rings is 2. The van der Waals surface area contributed by atoms with Gasteiger partial charge in [0, 0.05) is 16.8 Å². The lowest BCUT2D eigenvalue weighted by molar-refractivity contribution is -0.643. The summed E-state index contributed by atoms with van der Waals surface area (Å²) in [7, 11) is 2.23. The molecule has 3 heterocycles. The van der Waals surface area contributed by atoms with E-state index in [1.165, 1.54) is 109 Å². The molecule has 1 aliphatic rings. The van der Waals surface area contributed by atoms with E-state index in [4.69, 9.17) is 0 Å². The molecule has 0 bridgehead atoms. The minimum absolute atomic E-state index is 0.819. The summed E-state index contributed by atoms with van der Waals surface area (Å²) in [4.78, 5) is 0. The van der Waals surface area contributed by atoms with Crippen LogP contribution in [0.15, 0.2) is 66.9 Å². The molecular weight excluding hydrogens is 436 g/mol. The van der Waals surface area contributed by atoms with Crippen molar-refractivity contribution < 1.29 is 4.57 Å². The summed E-state index contributed by atoms with van der Waals surface area (Å²) in [6.07, 6.45) is 9.03. The Labute approximate surface area is 211 Å². The van der Waals surface area contributed by atoms with Crippen LogP contribution in [0.2, 0.25) is 0 Å². The summed E-state index contributed by atoms with van der Waals surface area (Å²) in [6.45, 7) is 4.65. The second-order valence-corrected chi connectivity index (χ2v) is 11.2. The van der Waals surface area contributed by atoms with Crippen molar-refractivity contribution in [3.63, 3.8) is 0 Å². The Balaban J connectivity index is 1.71. The van der Waals surface area contributed by atoms with Crippen molar-refractivity contribution in [3.8, 4) is 0 Å². The van der Waals surface area contributed by atoms with Crippen molar-refractivity contribution in [2.45, 2.75) is 46.0 Å². The smallest absolute Gasteiger partial charge is 0.224 e. The van der Waals surface area contributed by atoms with Gasteiger partial charge in [-0.15, -0.1) is 0 Å². The van der Waals surface area contributed by atoms with Gasteiger partial charge in [-0.25, -0.2) is 4.57 Å². The molecule has 3 aromatic heterocycles. The van der Waals surface area contributed by atoms with E-state index in [1.807, 2.05) is 0 Å². The molecule has 0 saturated heterocycles. The van der Waals surface area contributed by atoms with Crippen molar-refractivity contribution in [2.75, 3.05) is 0 Å². The highest BCUT2D eigenvalue weighted by Crippen LogP contribution is 2.45. The first-order chi connectivity index (χ1) is 17.6. The van der Waals surface area contributed by atoms with E-state index >= 15 is 0 Å². The fourth-order valence-electron chi connectivity index (χ4n) is 7.63. The number of aromatic nitrogens is 2. The third-order valence-corrected chi connectivity index (χ3v) is 9.28. The molecule has 176 valence electrons. The largest absolute Gasteiger partial charge is 0.307 e. The van der Waals surface area contributed by atoms with Crippen LogP contribution in [-0.4, -0.2) is 4.40 Å². The quantitative estimate of drug-likeness (QED) is 0.137. The molecule has 0 aliphatic heterocycles. The number of benzene rings is 4. The van der Waals surface area contributed by atoms with Crippen molar-refractivity contribution in [3.05, 3.63) is 83.6 Å². The lowest BCUT2D eigenvalue weighted by atomic mass is 9.89. The number of rotatable bonds is 2. The maximum atomic E-state index is 2.60. The van der Waals surface area contributed by atoms with Gasteiger partial charge in [-0.1, -0.05) is 68.1 Å². The van der Waals surface area contributed by atoms with Crippen molar-refractivity contribution in [1.29, 1.82) is 0 Å². The van der Waals surface area contributed by atoms with Gasteiger partial charge in [-0.05, 0) is 71.2 Å². The Kier molecular flexibility index (Phi) is 4.10. The highest BCUT2D eigenvalue weighted by atomic mass is 15.0. The van der Waals surface area contributed by atoms with Crippen molar-refractivity contribution in [1.82, 2.24) is 4.40 Å². The molecular formula is C34H31N2+. The van der Waals surface area contributed by atoms with Crippen LogP contribution in [0.1, 0.15) is 42.4 Å². The zero-order valence-corrected chi connectivity index (χ0v) is 21.4. The van der Waals surface area contributed by atoms with Crippen LogP contribution >= 0.6 is 0 Å². The first-order valence-electron chi connectivity index (χ1n) is 13.5. The number of hydrogen-bond donors (Lipinski definition) is 0. The van der Waals surface area contributed by atoms with E-state index in [1.54, 1.807) is 0 Å². The fourth-order valence-corrected chi connectivity index (χ4v) is 7.63. The monoisotopic (exact) mass is 467 g/mol. The van der Waals surface area contributed by atoms with Gasteiger partial charge < -0.3 is 4.40 Å². The summed E-state index contributed by atoms with van der Waals surface area (Å²) >= 11 is 0. The molecule has 0 atom stereocenters. The molecule has 2 heteroatoms. The summed E-state index contributed by atoms with van der Waals surface area (Å²) in [5.41, 5.74) is 9.73. The number of aryl methyl sites for hydroxylation is 3. The molecule has 0 unspecified atom stereocenters. The summed E-state index contributed by atoms with van der Waals surface area (Å²) in [5.74, 6) is 0.819. The summed E-state index contributed by atoms with van der Waals surface area (Å²) < 4.78 is 4.98. The fraction of sp³-hybridized carbons (Fsp3) is 0.265. The Morgan fingerprint density at radius 2 is 1.44 bits per heavy atom. The van der Waals surface area contributed by atoms with Crippen LogP contribution < -0.4 is 4.57 Å². The number of fused-ring (bicyclic) bond motifs is 7. The van der Waals surface area contributed by atoms with Gasteiger partial charge in [0.25, 0.3) is 0 Å². The summed E-state index contributed by atoms with van der Waals surface area (Å²) in [6, 6.07) is 22.9. The Morgan fingerprint density at radius 1 is 0.750 bits per heavy atom. The van der Waals surface area contributed by atoms with Crippen molar-refractivity contribution in [2.24, 2.45) is 13.0 Å². The van der Waals surface area contributed by atoms with Gasteiger partial charge in [0.2, 0.25) is 5.52 Å². The van der Waals surface area contributed by atoms with E-state index < -0.39 is 0 Å². The molecule has 1 fully saturated rings. The SMILES string of the molecule is Cc1c2ccccc2c(C)c2c1c1c3c(cc[n+]1C)c(CC1CCCC1)cc1c4ccccc4n2c13. The Bertz CT molecular complexity index is 2000. The standard InChI is InChI=1S/C34H31N2/c1-20-24-12-6-7-13-25(24)21(2)32-30(20)34-31-26(16-17-35(34)3)23(18-22-10-4-5-11-22)19-28-27-14-8-9-15-29(27)36(32)33(28)31/h6-9,12-17,19,22H,4-5,10-11,18H2,1-3H3/q+1. The van der Waals surface area contributed by atoms with E-state index in [9.17, 15) is 0 Å². The predicted molar refractivity (Wildman–Crippen MR) is 152 cm³/mol. The summed E-state index contributed by atoms with van der Waals surface area (Å²) in [5, 5.41) is 9.79. The maximum absolute atomic E-state index is 2.60. The van der Waals surface area contributed by atoms with E-state index in [0.717, 1.165) is 5.92 Å². The maximum Gasteiger partial charge on any atom is 0.224 e. The van der Waals surface area contributed by atoms with Crippen LogP contribution in [0.3, 0.4) is 0 Å². The molecule has 4 aromatic carbocycles. The van der Waals surface area contributed by atoms with E-state index in [0.29, 0.717) is 0 Å². The molecule has 0 amide bonds. The average Bonchev–Trinajstić information content (AvgIpc) is 3.53. The molecule has 0 radical (unpaired) electrons. The minimum atomic E-state index is 0.819. The highest BCUT2D eigenvalue weighted by Gasteiger charge is 2.28. The average molecular weight is 468 g/mol. The van der Waals surface area contributed by atoms with E-state index in [-0.39, 0.29) is 0 Å². The Morgan fingerprint density at radius 3 is 2.22 bits per heavy atom. The van der Waals surface area contributed by atoms with Gasteiger partial charge in [-0.3, -0.25) is 0 Å². The lowest BCUT2D eigenvalue weighted by Crippen LogP contribution is -2.29. The highest BCUT2D eigenvalue weighted by molar-refractivity contribution is 6.29. The molecule has 8 rings (SSSR count). The van der Waals surface area contributed by atoms with Crippen LogP contribution in [0.5, 0.6) is 0 Å². The zero-order valence-electron chi connectivity index (χ0n) is 21.4. The van der Waals surface area contributed by atoms with Crippen LogP contribution in [0.25, 0.3) is 59.8 Å². The first kappa shape index (κ1) is 20.5. The topological polar surface area (TPSA) is 8.29 Å². The second-order valence-electron chi connectivity index (χ2n) is 11.2. The minimum Gasteiger partial charge on any atom is -0.307 e. The number of hydrogen-bond acceptors (Lipinski definition) is 0. The van der Waals surface area contributed by atoms with Gasteiger partial charge in [0.15, 0.2) is 6.20 Å². The molecule has 36 heavy (non-hydrogen) atoms. The van der Waals surface area contributed by atoms with Crippen molar-refractivity contribution >= 4 is 59.8 Å².